The molecule has 0 aliphatic rings. The zero-order valence-electron chi connectivity index (χ0n) is 17.0. The van der Waals surface area contributed by atoms with Gasteiger partial charge in [-0.2, -0.15) is 0 Å². The van der Waals surface area contributed by atoms with Crippen LogP contribution in [0.2, 0.25) is 0 Å². The van der Waals surface area contributed by atoms with E-state index in [1.807, 2.05) is 45.0 Å². The van der Waals surface area contributed by atoms with Crippen molar-refractivity contribution in [1.82, 2.24) is 10.2 Å². The minimum atomic E-state index is -0.308. The second-order valence-electron chi connectivity index (χ2n) is 7.60. The number of hydrogen-bond acceptors (Lipinski definition) is 3. The fourth-order valence-corrected chi connectivity index (χ4v) is 2.37. The van der Waals surface area contributed by atoms with Crippen LogP contribution in [-0.2, 0) is 17.9 Å². The molecule has 0 aliphatic carbocycles. The number of amides is 2. The summed E-state index contributed by atoms with van der Waals surface area (Å²) < 4.78 is 24.2. The van der Waals surface area contributed by atoms with Crippen LogP contribution >= 0.6 is 0 Å². The summed E-state index contributed by atoms with van der Waals surface area (Å²) >= 11 is 0. The Morgan fingerprint density at radius 2 is 1.79 bits per heavy atom. The molecule has 0 bridgehead atoms. The van der Waals surface area contributed by atoms with E-state index in [1.165, 1.54) is 12.1 Å². The summed E-state index contributed by atoms with van der Waals surface area (Å²) in [5.74, 6) is 0.266. The van der Waals surface area contributed by atoms with Gasteiger partial charge in [0.05, 0.1) is 18.8 Å². The third-order valence-electron chi connectivity index (χ3n) is 3.96. The summed E-state index contributed by atoms with van der Waals surface area (Å²) in [6.07, 6.45) is 0. The van der Waals surface area contributed by atoms with Gasteiger partial charge in [-0.3, -0.25) is 0 Å². The number of ether oxygens (including phenoxy) is 2. The van der Waals surface area contributed by atoms with Gasteiger partial charge in [0.2, 0.25) is 0 Å². The molecule has 0 aromatic heterocycles. The van der Waals surface area contributed by atoms with E-state index in [9.17, 15) is 9.18 Å². The largest absolute Gasteiger partial charge is 0.492 e. The fourth-order valence-electron chi connectivity index (χ4n) is 2.37. The van der Waals surface area contributed by atoms with E-state index in [1.54, 1.807) is 24.1 Å². The van der Waals surface area contributed by atoms with E-state index in [2.05, 4.69) is 5.32 Å². The van der Waals surface area contributed by atoms with E-state index >= 15 is 0 Å². The lowest BCUT2D eigenvalue weighted by atomic mass is 10.1. The molecular weight excluding hydrogens is 359 g/mol. The van der Waals surface area contributed by atoms with E-state index in [-0.39, 0.29) is 17.4 Å². The number of nitrogens with one attached hydrogen (secondary N) is 1. The first-order valence-corrected chi connectivity index (χ1v) is 9.32. The van der Waals surface area contributed by atoms with E-state index in [0.29, 0.717) is 32.1 Å². The van der Waals surface area contributed by atoms with Gasteiger partial charge < -0.3 is 19.7 Å². The van der Waals surface area contributed by atoms with Crippen molar-refractivity contribution in [2.45, 2.75) is 39.5 Å². The highest BCUT2D eigenvalue weighted by Crippen LogP contribution is 2.13. The van der Waals surface area contributed by atoms with Crippen molar-refractivity contribution in [3.8, 4) is 5.75 Å². The zero-order chi connectivity index (χ0) is 20.6. The molecule has 152 valence electrons. The Morgan fingerprint density at radius 3 is 2.46 bits per heavy atom. The molecule has 2 aromatic carbocycles. The molecule has 0 spiro atoms. The lowest BCUT2D eigenvalue weighted by Crippen LogP contribution is -2.39. The third-order valence-corrected chi connectivity index (χ3v) is 3.96. The number of rotatable bonds is 8. The Bertz CT molecular complexity index is 757. The summed E-state index contributed by atoms with van der Waals surface area (Å²) in [5, 5.41) is 2.90. The minimum absolute atomic E-state index is 0.181. The first-order valence-electron chi connectivity index (χ1n) is 9.32. The van der Waals surface area contributed by atoms with Crippen molar-refractivity contribution in [2.24, 2.45) is 0 Å². The van der Waals surface area contributed by atoms with Crippen molar-refractivity contribution >= 4 is 6.03 Å². The van der Waals surface area contributed by atoms with Crippen molar-refractivity contribution < 1.29 is 18.7 Å². The number of nitrogens with zero attached hydrogens (tertiary/aromatic N) is 1. The molecule has 2 aromatic rings. The molecule has 5 nitrogen and oxygen atoms in total. The molecule has 0 saturated heterocycles. The van der Waals surface area contributed by atoms with Crippen LogP contribution in [0.1, 0.15) is 31.9 Å². The first-order chi connectivity index (χ1) is 13.2. The Morgan fingerprint density at radius 1 is 1.11 bits per heavy atom. The highest BCUT2D eigenvalue weighted by molar-refractivity contribution is 5.73. The first kappa shape index (κ1) is 21.7. The summed E-state index contributed by atoms with van der Waals surface area (Å²) in [4.78, 5) is 13.8. The topological polar surface area (TPSA) is 50.8 Å². The normalized spacial score (nSPS) is 11.2. The highest BCUT2D eigenvalue weighted by Gasteiger charge is 2.11. The zero-order valence-corrected chi connectivity index (χ0v) is 17.0. The number of hydrogen-bond donors (Lipinski definition) is 1. The Hall–Kier alpha value is -2.60. The summed E-state index contributed by atoms with van der Waals surface area (Å²) in [5.41, 5.74) is 1.89. The second-order valence-corrected chi connectivity index (χ2v) is 7.60. The molecule has 6 heteroatoms. The van der Waals surface area contributed by atoms with Crippen LogP contribution in [0.15, 0.2) is 48.5 Å². The maximum absolute atomic E-state index is 12.9. The standard InChI is InChI=1S/C22H29FN2O3/c1-22(2,3)28-16-18-7-5-6-17(14-18)15-24-21(26)25(4)12-13-27-20-10-8-19(23)9-11-20/h5-11,14H,12-13,15-16H2,1-4H3,(H,24,26). The number of likely N-dealkylation sites (N-methyl/N-ethyl adjacent to an activating group) is 1. The summed E-state index contributed by atoms with van der Waals surface area (Å²) in [6, 6.07) is 13.6. The second kappa shape index (κ2) is 10.1. The Kier molecular flexibility index (Phi) is 7.81. The van der Waals surface area contributed by atoms with Crippen LogP contribution in [0.3, 0.4) is 0 Å². The van der Waals surface area contributed by atoms with Gasteiger partial charge in [-0.05, 0) is 56.2 Å². The molecule has 0 heterocycles. The van der Waals surface area contributed by atoms with Crippen molar-refractivity contribution in [3.05, 3.63) is 65.5 Å². The van der Waals surface area contributed by atoms with Crippen molar-refractivity contribution in [1.29, 1.82) is 0 Å². The van der Waals surface area contributed by atoms with Crippen molar-refractivity contribution in [3.63, 3.8) is 0 Å². The van der Waals surface area contributed by atoms with Gasteiger partial charge in [-0.15, -0.1) is 0 Å². The van der Waals surface area contributed by atoms with Crippen LogP contribution in [0.4, 0.5) is 9.18 Å². The van der Waals surface area contributed by atoms with Crippen LogP contribution in [-0.4, -0.2) is 36.7 Å². The van der Waals surface area contributed by atoms with Gasteiger partial charge in [0.15, 0.2) is 0 Å². The molecule has 0 aliphatic heterocycles. The Labute approximate surface area is 166 Å². The summed E-state index contributed by atoms with van der Waals surface area (Å²) in [6.45, 7) is 7.78. The maximum Gasteiger partial charge on any atom is 0.317 e. The number of carbonyl (C=O) groups excluding carboxylic acids is 1. The lowest BCUT2D eigenvalue weighted by Gasteiger charge is -2.20. The molecule has 0 radical (unpaired) electrons. The van der Waals surface area contributed by atoms with E-state index in [4.69, 9.17) is 9.47 Å². The van der Waals surface area contributed by atoms with Crippen molar-refractivity contribution in [2.75, 3.05) is 20.2 Å². The molecule has 1 N–H and O–H groups in total. The number of halogens is 1. The molecule has 2 amide bonds. The third kappa shape index (κ3) is 7.96. The number of benzene rings is 2. The minimum Gasteiger partial charge on any atom is -0.492 e. The smallest absolute Gasteiger partial charge is 0.317 e. The maximum atomic E-state index is 12.9. The fraction of sp³-hybridized carbons (Fsp3) is 0.409. The van der Waals surface area contributed by atoms with Gasteiger partial charge in [0, 0.05) is 13.6 Å². The van der Waals surface area contributed by atoms with E-state index in [0.717, 1.165) is 11.1 Å². The predicted molar refractivity (Wildman–Crippen MR) is 108 cm³/mol. The van der Waals surface area contributed by atoms with Crippen LogP contribution in [0.25, 0.3) is 0 Å². The molecule has 0 unspecified atom stereocenters. The monoisotopic (exact) mass is 388 g/mol. The van der Waals surface area contributed by atoms with Gasteiger partial charge in [-0.1, -0.05) is 24.3 Å². The van der Waals surface area contributed by atoms with Gasteiger partial charge >= 0.3 is 6.03 Å². The number of urea groups is 1. The van der Waals surface area contributed by atoms with Gasteiger partial charge in [-0.25, -0.2) is 9.18 Å². The molecular formula is C22H29FN2O3. The average Bonchev–Trinajstić information content (AvgIpc) is 2.65. The van der Waals surface area contributed by atoms with Crippen LogP contribution < -0.4 is 10.1 Å². The molecule has 0 saturated carbocycles. The van der Waals surface area contributed by atoms with Gasteiger partial charge in [0.25, 0.3) is 0 Å². The quantitative estimate of drug-likeness (QED) is 0.731. The molecule has 28 heavy (non-hydrogen) atoms. The highest BCUT2D eigenvalue weighted by atomic mass is 19.1. The average molecular weight is 388 g/mol. The molecule has 0 atom stereocenters. The molecule has 0 fully saturated rings. The van der Waals surface area contributed by atoms with Gasteiger partial charge in [0.1, 0.15) is 18.2 Å². The van der Waals surface area contributed by atoms with Crippen LogP contribution in [0, 0.1) is 5.82 Å². The lowest BCUT2D eigenvalue weighted by molar-refractivity contribution is -0.0149. The van der Waals surface area contributed by atoms with Crippen LogP contribution in [0.5, 0.6) is 5.75 Å². The predicted octanol–water partition coefficient (Wildman–Crippen LogP) is 4.36. The summed E-state index contributed by atoms with van der Waals surface area (Å²) in [7, 11) is 1.71. The Balaban J connectivity index is 1.74. The SMILES string of the molecule is CN(CCOc1ccc(F)cc1)C(=O)NCc1cccc(COC(C)(C)C)c1. The molecule has 2 rings (SSSR count). The number of carbonyl (C=O) groups is 1. The van der Waals surface area contributed by atoms with E-state index < -0.39 is 0 Å².